The Morgan fingerprint density at radius 3 is 2.31 bits per heavy atom. The molecular weight excluding hydrogens is 383 g/mol. The summed E-state index contributed by atoms with van der Waals surface area (Å²) in [5, 5.41) is 1.05. The van der Waals surface area contributed by atoms with Crippen LogP contribution in [0.2, 0.25) is 0 Å². The molecule has 0 spiro atoms. The van der Waals surface area contributed by atoms with Gasteiger partial charge in [0, 0.05) is 73.5 Å². The van der Waals surface area contributed by atoms with Gasteiger partial charge in [-0.3, -0.25) is 14.5 Å². The minimum absolute atomic E-state index is 0.0709. The summed E-state index contributed by atoms with van der Waals surface area (Å²) in [6.07, 6.45) is 0.750. The van der Waals surface area contributed by atoms with Crippen LogP contribution >= 0.6 is 9.24 Å². The highest BCUT2D eigenvalue weighted by molar-refractivity contribution is 7.28. The summed E-state index contributed by atoms with van der Waals surface area (Å²) in [4.78, 5) is 30.2. The number of nitrogens with two attached hydrogens (primary N) is 1. The first kappa shape index (κ1) is 19.9. The molecule has 0 bridgehead atoms. The molecule has 2 fully saturated rings. The zero-order chi connectivity index (χ0) is 20.5. The molecule has 0 saturated carbocycles. The molecule has 4 rings (SSSR count). The number of nitrogens with zero attached hydrogens (tertiary/aromatic N) is 3. The Hall–Kier alpha value is -2.43. The van der Waals surface area contributed by atoms with Crippen LogP contribution in [-0.2, 0) is 0 Å². The molecule has 152 valence electrons. The predicted molar refractivity (Wildman–Crippen MR) is 122 cm³/mol. The van der Waals surface area contributed by atoms with Gasteiger partial charge in [0.15, 0.2) is 12.1 Å². The van der Waals surface area contributed by atoms with E-state index in [1.807, 2.05) is 18.2 Å². The average molecular weight is 410 g/mol. The van der Waals surface area contributed by atoms with Crippen LogP contribution in [-0.4, -0.2) is 62.3 Å². The van der Waals surface area contributed by atoms with Crippen molar-refractivity contribution in [2.75, 3.05) is 54.8 Å². The van der Waals surface area contributed by atoms with E-state index in [9.17, 15) is 9.59 Å². The second-order valence-corrected chi connectivity index (χ2v) is 8.46. The van der Waals surface area contributed by atoms with Crippen LogP contribution in [0.1, 0.15) is 27.6 Å². The zero-order valence-corrected chi connectivity index (χ0v) is 17.8. The van der Waals surface area contributed by atoms with E-state index in [4.69, 9.17) is 5.73 Å². The molecule has 2 aromatic rings. The van der Waals surface area contributed by atoms with Crippen molar-refractivity contribution in [1.29, 1.82) is 0 Å². The highest BCUT2D eigenvalue weighted by atomic mass is 31.0. The average Bonchev–Trinajstić information content (AvgIpc) is 2.69. The SMILES string of the molecule is CC(=O)c1cc(N2CC(N3CCN(c4ccc(N)c(P)c4)CC3)C2)ccc1C=O. The van der Waals surface area contributed by atoms with Gasteiger partial charge in [-0.25, -0.2) is 0 Å². The van der Waals surface area contributed by atoms with Crippen LogP contribution in [0, 0.1) is 0 Å². The van der Waals surface area contributed by atoms with Gasteiger partial charge in [0.25, 0.3) is 0 Å². The number of nitrogen functional groups attached to an aromatic ring is 1. The van der Waals surface area contributed by atoms with Crippen molar-refractivity contribution in [2.45, 2.75) is 13.0 Å². The van der Waals surface area contributed by atoms with Crippen LogP contribution in [0.5, 0.6) is 0 Å². The van der Waals surface area contributed by atoms with E-state index in [1.165, 1.54) is 12.6 Å². The fourth-order valence-corrected chi connectivity index (χ4v) is 4.42. The normalized spacial score (nSPS) is 17.9. The van der Waals surface area contributed by atoms with Gasteiger partial charge in [0.2, 0.25) is 0 Å². The maximum Gasteiger partial charge on any atom is 0.160 e. The Labute approximate surface area is 173 Å². The molecule has 2 aromatic carbocycles. The molecule has 0 aromatic heterocycles. The molecular formula is C22H27N4O2P. The second-order valence-electron chi connectivity index (χ2n) is 7.84. The first-order chi connectivity index (χ1) is 14.0. The van der Waals surface area contributed by atoms with Crippen molar-refractivity contribution in [2.24, 2.45) is 0 Å². The number of benzene rings is 2. The fraction of sp³-hybridized carbons (Fsp3) is 0.364. The third kappa shape index (κ3) is 4.00. The molecule has 0 amide bonds. The predicted octanol–water partition coefficient (Wildman–Crippen LogP) is 1.80. The lowest BCUT2D eigenvalue weighted by Gasteiger charge is -2.49. The Morgan fingerprint density at radius 1 is 1.03 bits per heavy atom. The molecule has 6 nitrogen and oxygen atoms in total. The van der Waals surface area contributed by atoms with Crippen molar-refractivity contribution in [1.82, 2.24) is 4.90 Å². The first-order valence-corrected chi connectivity index (χ1v) is 10.5. The number of ketones is 1. The van der Waals surface area contributed by atoms with Gasteiger partial charge < -0.3 is 15.5 Å². The summed E-state index contributed by atoms with van der Waals surface area (Å²) >= 11 is 0. The molecule has 2 saturated heterocycles. The Morgan fingerprint density at radius 2 is 1.69 bits per heavy atom. The van der Waals surface area contributed by atoms with Crippen LogP contribution in [0.3, 0.4) is 0 Å². The summed E-state index contributed by atoms with van der Waals surface area (Å²) in [6, 6.07) is 12.3. The minimum Gasteiger partial charge on any atom is -0.398 e. The summed E-state index contributed by atoms with van der Waals surface area (Å²) < 4.78 is 0. The number of Topliss-reactive ketones (excluding diaryl/α,β-unsaturated/α-hetero) is 1. The maximum atomic E-state index is 11.8. The summed E-state index contributed by atoms with van der Waals surface area (Å²) in [5.41, 5.74) is 9.94. The van der Waals surface area contributed by atoms with Gasteiger partial charge >= 0.3 is 0 Å². The van der Waals surface area contributed by atoms with E-state index in [1.54, 1.807) is 6.07 Å². The molecule has 2 aliphatic rings. The molecule has 2 N–H and O–H groups in total. The van der Waals surface area contributed by atoms with Crippen LogP contribution in [0.25, 0.3) is 0 Å². The Kier molecular flexibility index (Phi) is 5.57. The molecule has 1 unspecified atom stereocenters. The number of carbonyl (C=O) groups is 2. The van der Waals surface area contributed by atoms with E-state index in [0.717, 1.165) is 62.2 Å². The fourth-order valence-electron chi connectivity index (χ4n) is 4.15. The molecule has 2 heterocycles. The highest BCUT2D eigenvalue weighted by Gasteiger charge is 2.34. The lowest BCUT2D eigenvalue weighted by Crippen LogP contribution is -2.63. The summed E-state index contributed by atoms with van der Waals surface area (Å²) in [6.45, 7) is 7.51. The minimum atomic E-state index is -0.0709. The number of hydrogen-bond acceptors (Lipinski definition) is 6. The molecule has 7 heteroatoms. The second kappa shape index (κ2) is 8.13. The number of aldehydes is 1. The number of rotatable bonds is 5. The number of hydrogen-bond donors (Lipinski definition) is 1. The summed E-state index contributed by atoms with van der Waals surface area (Å²) in [7, 11) is 2.70. The Balaban J connectivity index is 1.33. The van der Waals surface area contributed by atoms with Crippen LogP contribution < -0.4 is 20.8 Å². The standard InChI is InChI=1S/C22H27N4O2P/c1-15(28)20-10-17(3-2-16(20)14-27)26-12-19(13-26)25-8-6-24(7-9-25)18-4-5-21(23)22(29)11-18/h2-5,10-11,14,19H,6-9,12-13,23,29H2,1H3. The van der Waals surface area contributed by atoms with Crippen molar-refractivity contribution in [3.8, 4) is 0 Å². The number of piperazine rings is 1. The van der Waals surface area contributed by atoms with Crippen molar-refractivity contribution >= 4 is 43.7 Å². The number of anilines is 3. The van der Waals surface area contributed by atoms with E-state index in [0.29, 0.717) is 17.2 Å². The van der Waals surface area contributed by atoms with Gasteiger partial charge in [-0.05, 0) is 48.6 Å². The van der Waals surface area contributed by atoms with Crippen molar-refractivity contribution in [3.05, 3.63) is 47.5 Å². The van der Waals surface area contributed by atoms with Gasteiger partial charge in [0.1, 0.15) is 0 Å². The molecule has 2 aliphatic heterocycles. The quantitative estimate of drug-likeness (QED) is 0.351. The third-order valence-corrected chi connectivity index (χ3v) is 6.54. The third-order valence-electron chi connectivity index (χ3n) is 6.04. The van der Waals surface area contributed by atoms with E-state index < -0.39 is 0 Å². The largest absolute Gasteiger partial charge is 0.398 e. The monoisotopic (exact) mass is 410 g/mol. The van der Waals surface area contributed by atoms with Gasteiger partial charge in [-0.15, -0.1) is 9.24 Å². The molecule has 29 heavy (non-hydrogen) atoms. The van der Waals surface area contributed by atoms with Crippen LogP contribution in [0.4, 0.5) is 17.1 Å². The van der Waals surface area contributed by atoms with Gasteiger partial charge in [-0.1, -0.05) is 0 Å². The van der Waals surface area contributed by atoms with Crippen molar-refractivity contribution in [3.63, 3.8) is 0 Å². The lowest BCUT2D eigenvalue weighted by molar-refractivity contribution is 0.100. The van der Waals surface area contributed by atoms with E-state index >= 15 is 0 Å². The summed E-state index contributed by atoms with van der Waals surface area (Å²) in [5.74, 6) is -0.0709. The molecule has 1 atom stereocenters. The molecule has 0 radical (unpaired) electrons. The smallest absolute Gasteiger partial charge is 0.160 e. The Bertz CT molecular complexity index is 934. The topological polar surface area (TPSA) is 69.9 Å². The van der Waals surface area contributed by atoms with E-state index in [2.05, 4.69) is 36.1 Å². The maximum absolute atomic E-state index is 11.8. The molecule has 0 aliphatic carbocycles. The lowest BCUT2D eigenvalue weighted by atomic mass is 10.0. The number of carbonyl (C=O) groups excluding carboxylic acids is 2. The van der Waals surface area contributed by atoms with Gasteiger partial charge in [-0.2, -0.15) is 0 Å². The van der Waals surface area contributed by atoms with Gasteiger partial charge in [0.05, 0.1) is 0 Å². The van der Waals surface area contributed by atoms with Crippen molar-refractivity contribution < 1.29 is 9.59 Å². The zero-order valence-electron chi connectivity index (χ0n) is 16.7. The van der Waals surface area contributed by atoms with E-state index in [-0.39, 0.29) is 5.78 Å². The highest BCUT2D eigenvalue weighted by Crippen LogP contribution is 2.27. The van der Waals surface area contributed by atoms with Crippen LogP contribution in [0.15, 0.2) is 36.4 Å². The first-order valence-electron chi connectivity index (χ1n) is 9.95.